The smallest absolute Gasteiger partial charge is 0.244 e. The van der Waals surface area contributed by atoms with Gasteiger partial charge in [0.2, 0.25) is 17.5 Å². The predicted molar refractivity (Wildman–Crippen MR) is 117 cm³/mol. The number of hydrogen-bond donors (Lipinski definition) is 2. The summed E-state index contributed by atoms with van der Waals surface area (Å²) in [6, 6.07) is 13.5. The summed E-state index contributed by atoms with van der Waals surface area (Å²) < 4.78 is 22.9. The molecule has 0 saturated carbocycles. The van der Waals surface area contributed by atoms with Crippen LogP contribution in [0.1, 0.15) is 17.0 Å². The quantitative estimate of drug-likeness (QED) is 0.552. The molecule has 4 rings (SSSR count). The van der Waals surface area contributed by atoms with Gasteiger partial charge in [-0.05, 0) is 29.8 Å². The van der Waals surface area contributed by atoms with E-state index in [1.165, 1.54) is 0 Å². The highest BCUT2D eigenvalue weighted by atomic mass is 79.9. The van der Waals surface area contributed by atoms with Gasteiger partial charge in [-0.3, -0.25) is 10.5 Å². The number of nitriles is 1. The first-order valence-electron chi connectivity index (χ1n) is 9.32. The Bertz CT molecular complexity index is 1180. The summed E-state index contributed by atoms with van der Waals surface area (Å²) >= 11 is 3.50. The second-order valence-corrected chi connectivity index (χ2v) is 7.75. The maximum atomic E-state index is 9.85. The number of hydrogen-bond acceptors (Lipinski definition) is 7. The Morgan fingerprint density at radius 2 is 1.84 bits per heavy atom. The van der Waals surface area contributed by atoms with Gasteiger partial charge in [-0.25, -0.2) is 0 Å². The average molecular weight is 483 g/mol. The third kappa shape index (κ3) is 3.49. The molecular formula is C22H19BrN4O4. The highest BCUT2D eigenvalue weighted by Crippen LogP contribution is 2.48. The van der Waals surface area contributed by atoms with Crippen LogP contribution in [0, 0.1) is 22.7 Å². The lowest BCUT2D eigenvalue weighted by Gasteiger charge is -2.28. The standard InChI is InChI=1S/C22H19BrN4O4/c1-28-15-8-12(9-16(29-2)20(15)30-3)19-18-17(11-5-4-6-13(23)7-11)14(10-24)21(25)31-22(18)27-26-19/h4-9,14,17,25H,1-3H3,(H,26,27). The summed E-state index contributed by atoms with van der Waals surface area (Å²) in [4.78, 5) is 0. The number of nitrogens with zero attached hydrogens (tertiary/aromatic N) is 2. The third-order valence-electron chi connectivity index (χ3n) is 5.20. The monoisotopic (exact) mass is 482 g/mol. The van der Waals surface area contributed by atoms with E-state index in [9.17, 15) is 5.26 Å². The summed E-state index contributed by atoms with van der Waals surface area (Å²) in [5.41, 5.74) is 2.92. The minimum absolute atomic E-state index is 0.136. The molecule has 1 aliphatic heterocycles. The van der Waals surface area contributed by atoms with E-state index in [0.29, 0.717) is 28.5 Å². The van der Waals surface area contributed by atoms with Gasteiger partial charge in [-0.1, -0.05) is 28.1 Å². The van der Waals surface area contributed by atoms with Crippen molar-refractivity contribution in [2.75, 3.05) is 21.3 Å². The Labute approximate surface area is 187 Å². The van der Waals surface area contributed by atoms with E-state index < -0.39 is 11.8 Å². The summed E-state index contributed by atoms with van der Waals surface area (Å²) in [7, 11) is 4.63. The van der Waals surface area contributed by atoms with Crippen LogP contribution in [-0.2, 0) is 0 Å². The van der Waals surface area contributed by atoms with E-state index >= 15 is 0 Å². The van der Waals surface area contributed by atoms with E-state index in [0.717, 1.165) is 15.6 Å². The van der Waals surface area contributed by atoms with Gasteiger partial charge in [-0.2, -0.15) is 5.26 Å². The van der Waals surface area contributed by atoms with Crippen molar-refractivity contribution < 1.29 is 18.9 Å². The molecular weight excluding hydrogens is 464 g/mol. The first-order chi connectivity index (χ1) is 15.0. The van der Waals surface area contributed by atoms with E-state index in [1.54, 1.807) is 33.5 Å². The maximum Gasteiger partial charge on any atom is 0.244 e. The molecule has 0 aliphatic carbocycles. The van der Waals surface area contributed by atoms with Gasteiger partial charge in [0.15, 0.2) is 11.5 Å². The van der Waals surface area contributed by atoms with Gasteiger partial charge in [-0.15, -0.1) is 5.10 Å². The van der Waals surface area contributed by atoms with Crippen molar-refractivity contribution in [3.63, 3.8) is 0 Å². The molecule has 2 N–H and O–H groups in total. The number of fused-ring (bicyclic) bond motifs is 1. The van der Waals surface area contributed by atoms with Crippen molar-refractivity contribution in [2.45, 2.75) is 5.92 Å². The fourth-order valence-electron chi connectivity index (χ4n) is 3.82. The Morgan fingerprint density at radius 3 is 2.42 bits per heavy atom. The van der Waals surface area contributed by atoms with Gasteiger partial charge in [0, 0.05) is 16.0 Å². The van der Waals surface area contributed by atoms with Crippen LogP contribution in [0.15, 0.2) is 40.9 Å². The molecule has 0 amide bonds. The van der Waals surface area contributed by atoms with Gasteiger partial charge < -0.3 is 18.9 Å². The van der Waals surface area contributed by atoms with Gasteiger partial charge in [0.1, 0.15) is 5.92 Å². The largest absolute Gasteiger partial charge is 0.493 e. The second kappa shape index (κ2) is 8.32. The molecule has 9 heteroatoms. The lowest BCUT2D eigenvalue weighted by atomic mass is 9.79. The van der Waals surface area contributed by atoms with Crippen LogP contribution in [0.3, 0.4) is 0 Å². The number of ether oxygens (including phenoxy) is 4. The zero-order chi connectivity index (χ0) is 22.1. The zero-order valence-electron chi connectivity index (χ0n) is 17.0. The summed E-state index contributed by atoms with van der Waals surface area (Å²) in [6.07, 6.45) is 0. The Morgan fingerprint density at radius 1 is 1.13 bits per heavy atom. The lowest BCUT2D eigenvalue weighted by molar-refractivity contribution is 0.324. The second-order valence-electron chi connectivity index (χ2n) is 6.84. The molecule has 0 spiro atoms. The van der Waals surface area contributed by atoms with Crippen molar-refractivity contribution >= 4 is 21.8 Å². The molecule has 31 heavy (non-hydrogen) atoms. The molecule has 0 fully saturated rings. The Balaban J connectivity index is 1.96. The summed E-state index contributed by atoms with van der Waals surface area (Å²) in [5.74, 6) is 0.319. The van der Waals surface area contributed by atoms with Crippen LogP contribution in [0.2, 0.25) is 0 Å². The van der Waals surface area contributed by atoms with Crippen molar-refractivity contribution in [3.05, 3.63) is 52.0 Å². The number of aromatic nitrogens is 2. The van der Waals surface area contributed by atoms with E-state index in [2.05, 4.69) is 32.2 Å². The molecule has 2 atom stereocenters. The Hall–Kier alpha value is -3.51. The molecule has 0 radical (unpaired) electrons. The fraction of sp³-hybridized carbons (Fsp3) is 0.227. The number of aromatic amines is 1. The van der Waals surface area contributed by atoms with Crippen molar-refractivity contribution in [3.8, 4) is 40.5 Å². The molecule has 0 saturated heterocycles. The van der Waals surface area contributed by atoms with E-state index in [4.69, 9.17) is 24.4 Å². The zero-order valence-corrected chi connectivity index (χ0v) is 18.6. The van der Waals surface area contributed by atoms with Gasteiger partial charge in [0.05, 0.1) is 38.7 Å². The molecule has 1 aromatic heterocycles. The highest BCUT2D eigenvalue weighted by molar-refractivity contribution is 9.10. The highest BCUT2D eigenvalue weighted by Gasteiger charge is 2.41. The number of H-pyrrole nitrogens is 1. The topological polar surface area (TPSA) is 113 Å². The fourth-order valence-corrected chi connectivity index (χ4v) is 4.24. The van der Waals surface area contributed by atoms with Crippen LogP contribution in [0.4, 0.5) is 0 Å². The van der Waals surface area contributed by atoms with Crippen molar-refractivity contribution in [1.82, 2.24) is 10.2 Å². The maximum absolute atomic E-state index is 9.85. The van der Waals surface area contributed by atoms with Crippen LogP contribution >= 0.6 is 15.9 Å². The van der Waals surface area contributed by atoms with Crippen LogP contribution < -0.4 is 18.9 Å². The van der Waals surface area contributed by atoms with Gasteiger partial charge >= 0.3 is 0 Å². The van der Waals surface area contributed by atoms with E-state index in [-0.39, 0.29) is 11.8 Å². The summed E-state index contributed by atoms with van der Waals surface area (Å²) in [6.45, 7) is 0. The number of halogens is 1. The van der Waals surface area contributed by atoms with Crippen LogP contribution in [-0.4, -0.2) is 37.4 Å². The number of nitrogens with one attached hydrogen (secondary N) is 2. The third-order valence-corrected chi connectivity index (χ3v) is 5.70. The number of methoxy groups -OCH3 is 3. The minimum atomic E-state index is -0.805. The van der Waals surface area contributed by atoms with Crippen LogP contribution in [0.25, 0.3) is 11.3 Å². The first-order valence-corrected chi connectivity index (χ1v) is 10.1. The molecule has 2 heterocycles. The summed E-state index contributed by atoms with van der Waals surface area (Å²) in [5, 5.41) is 25.4. The predicted octanol–water partition coefficient (Wildman–Crippen LogP) is 4.51. The minimum Gasteiger partial charge on any atom is -0.493 e. The van der Waals surface area contributed by atoms with Crippen LogP contribution in [0.5, 0.6) is 23.1 Å². The molecule has 3 aromatic rings. The average Bonchev–Trinajstić information content (AvgIpc) is 3.20. The van der Waals surface area contributed by atoms with E-state index in [1.807, 2.05) is 24.3 Å². The van der Waals surface area contributed by atoms with Crippen molar-refractivity contribution in [2.24, 2.45) is 5.92 Å². The molecule has 2 unspecified atom stereocenters. The normalized spacial score (nSPS) is 17.3. The van der Waals surface area contributed by atoms with Crippen molar-refractivity contribution in [1.29, 1.82) is 10.7 Å². The molecule has 8 nitrogen and oxygen atoms in total. The lowest BCUT2D eigenvalue weighted by Crippen LogP contribution is -2.30. The molecule has 0 bridgehead atoms. The Kier molecular flexibility index (Phi) is 5.57. The number of benzene rings is 2. The molecule has 1 aliphatic rings. The molecule has 158 valence electrons. The number of rotatable bonds is 5. The molecule has 2 aromatic carbocycles. The van der Waals surface area contributed by atoms with Gasteiger partial charge in [0.25, 0.3) is 0 Å². The SMILES string of the molecule is COc1cc(-c2[nH]nc3c2C(c2cccc(Br)c2)C(C#N)C(=N)O3)cc(OC)c1OC. The first kappa shape index (κ1) is 20.8.